The van der Waals surface area contributed by atoms with Gasteiger partial charge in [0, 0.05) is 74.2 Å². The van der Waals surface area contributed by atoms with Crippen molar-refractivity contribution >= 4 is 49.3 Å². The number of hydrogen-bond acceptors (Lipinski definition) is 12. The fourth-order valence-corrected chi connectivity index (χ4v) is 9.06. The average Bonchev–Trinajstić information content (AvgIpc) is 3.70. The Labute approximate surface area is 273 Å². The lowest BCUT2D eigenvalue weighted by atomic mass is 10.0. The van der Waals surface area contributed by atoms with E-state index in [2.05, 4.69) is 64.2 Å². The number of nitrogens with one attached hydrogen (secondary N) is 2. The number of fused-ring (bicyclic) bond motifs is 1. The number of piperazine rings is 1. The van der Waals surface area contributed by atoms with Gasteiger partial charge in [-0.1, -0.05) is 23.5 Å². The number of rotatable bonds is 10. The van der Waals surface area contributed by atoms with Crippen molar-refractivity contribution in [1.82, 2.24) is 34.0 Å². The zero-order chi connectivity index (χ0) is 32.3. The zero-order valence-electron chi connectivity index (χ0n) is 26.3. The van der Waals surface area contributed by atoms with E-state index in [1.54, 1.807) is 13.3 Å². The number of para-hydroxylation sites is 1. The van der Waals surface area contributed by atoms with Crippen molar-refractivity contribution in [1.29, 1.82) is 0 Å². The van der Waals surface area contributed by atoms with Crippen molar-refractivity contribution in [3.05, 3.63) is 54.2 Å². The summed E-state index contributed by atoms with van der Waals surface area (Å²) in [6.45, 7) is 9.52. The van der Waals surface area contributed by atoms with E-state index in [0.717, 1.165) is 58.8 Å². The predicted octanol–water partition coefficient (Wildman–Crippen LogP) is 4.04. The molecule has 15 heteroatoms. The highest BCUT2D eigenvalue weighted by atomic mass is 32.2. The number of benzene rings is 1. The number of likely N-dealkylation sites (tertiary alicyclic amines) is 1. The number of carbonyl (C=O) groups is 1. The number of sulfonamides is 1. The molecule has 5 heterocycles. The Hall–Kier alpha value is -3.76. The van der Waals surface area contributed by atoms with Crippen molar-refractivity contribution in [2.45, 2.75) is 43.5 Å². The average molecular weight is 666 g/mol. The van der Waals surface area contributed by atoms with Crippen LogP contribution in [0.1, 0.15) is 31.0 Å². The van der Waals surface area contributed by atoms with Crippen LogP contribution in [0.15, 0.2) is 47.2 Å². The summed E-state index contributed by atoms with van der Waals surface area (Å²) in [4.78, 5) is 34.2. The van der Waals surface area contributed by atoms with Gasteiger partial charge in [0.1, 0.15) is 12.1 Å². The fraction of sp³-hybridized carbons (Fsp3) is 0.452. The monoisotopic (exact) mass is 665 g/mol. The minimum Gasteiger partial charge on any atom is -0.453 e. The van der Waals surface area contributed by atoms with Gasteiger partial charge in [-0.25, -0.2) is 28.2 Å². The first-order valence-electron chi connectivity index (χ1n) is 15.4. The van der Waals surface area contributed by atoms with Crippen LogP contribution in [-0.4, -0.2) is 108 Å². The molecule has 13 nitrogen and oxygen atoms in total. The van der Waals surface area contributed by atoms with Crippen molar-refractivity contribution in [2.24, 2.45) is 0 Å². The van der Waals surface area contributed by atoms with E-state index in [-0.39, 0.29) is 15.4 Å². The Balaban J connectivity index is 1.09. The molecule has 1 atom stereocenters. The highest BCUT2D eigenvalue weighted by Gasteiger charge is 2.32. The van der Waals surface area contributed by atoms with Crippen LogP contribution in [0.4, 0.5) is 15.7 Å². The second-order valence-electron chi connectivity index (χ2n) is 11.7. The van der Waals surface area contributed by atoms with Gasteiger partial charge < -0.3 is 10.1 Å². The molecule has 0 spiro atoms. The molecule has 3 aromatic heterocycles. The van der Waals surface area contributed by atoms with E-state index in [1.807, 2.05) is 24.5 Å². The fourth-order valence-electron chi connectivity index (χ4n) is 6.11. The molecule has 0 unspecified atom stereocenters. The third-order valence-corrected chi connectivity index (χ3v) is 11.9. The minimum atomic E-state index is -3.74. The largest absolute Gasteiger partial charge is 0.453 e. The van der Waals surface area contributed by atoms with Crippen molar-refractivity contribution in [2.75, 3.05) is 63.6 Å². The predicted molar refractivity (Wildman–Crippen MR) is 178 cm³/mol. The number of nitrogens with zero attached hydrogens (tertiary/aromatic N) is 7. The van der Waals surface area contributed by atoms with Crippen molar-refractivity contribution in [3.63, 3.8) is 0 Å². The summed E-state index contributed by atoms with van der Waals surface area (Å²) in [5, 5.41) is 7.14. The van der Waals surface area contributed by atoms with Gasteiger partial charge in [-0.2, -0.15) is 4.31 Å². The van der Waals surface area contributed by atoms with Crippen LogP contribution in [0.25, 0.3) is 22.0 Å². The summed E-state index contributed by atoms with van der Waals surface area (Å²) < 4.78 is 33.0. The van der Waals surface area contributed by atoms with Crippen LogP contribution in [0.3, 0.4) is 0 Å². The summed E-state index contributed by atoms with van der Waals surface area (Å²) >= 11 is 0.930. The number of anilines is 2. The van der Waals surface area contributed by atoms with Gasteiger partial charge in [0.25, 0.3) is 10.0 Å². The first-order valence-corrected chi connectivity index (χ1v) is 17.7. The lowest BCUT2D eigenvalue weighted by Crippen LogP contribution is -2.50. The molecule has 2 aliphatic heterocycles. The zero-order valence-corrected chi connectivity index (χ0v) is 27.9. The van der Waals surface area contributed by atoms with Crippen LogP contribution in [0.5, 0.6) is 0 Å². The van der Waals surface area contributed by atoms with Gasteiger partial charge in [-0.3, -0.25) is 20.1 Å². The van der Waals surface area contributed by atoms with Crippen LogP contribution in [-0.2, 0) is 21.3 Å². The maximum absolute atomic E-state index is 13.4. The molecule has 1 aromatic carbocycles. The number of aromatic nitrogens is 4. The quantitative estimate of drug-likeness (QED) is 0.253. The molecule has 2 aliphatic rings. The van der Waals surface area contributed by atoms with E-state index in [0.29, 0.717) is 38.4 Å². The number of carbonyl (C=O) groups excluding carboxylic acids is 1. The van der Waals surface area contributed by atoms with Crippen molar-refractivity contribution < 1.29 is 17.9 Å². The molecule has 2 fully saturated rings. The number of methoxy groups -OCH3 is 1. The molecule has 244 valence electrons. The normalized spacial score (nSPS) is 17.3. The molecular weight excluding hydrogens is 627 g/mol. The Morgan fingerprint density at radius 3 is 2.61 bits per heavy atom. The molecular formula is C31H39N9O4S2. The molecule has 4 aromatic rings. The molecule has 0 radical (unpaired) electrons. The van der Waals surface area contributed by atoms with Crippen LogP contribution >= 0.6 is 11.3 Å². The third kappa shape index (κ3) is 7.13. The van der Waals surface area contributed by atoms with Crippen LogP contribution in [0.2, 0.25) is 0 Å². The number of hydrogen-bond donors (Lipinski definition) is 2. The van der Waals surface area contributed by atoms with Gasteiger partial charge in [0.2, 0.25) is 0 Å². The number of amides is 1. The Morgan fingerprint density at radius 2 is 1.85 bits per heavy atom. The SMILES string of the molecule is COC(=O)Nc1nc(C)c(S(=O)(=O)N2CCN(C[C@H](C)Nc3ncnc4c(-c5cncc(CN6CCCC6)c5)cccc34)CC2)s1. The Bertz CT molecular complexity index is 1800. The second kappa shape index (κ2) is 13.9. The van der Waals surface area contributed by atoms with Gasteiger partial charge in [-0.05, 0) is 57.5 Å². The summed E-state index contributed by atoms with van der Waals surface area (Å²) in [6.07, 6.45) is 7.26. The first kappa shape index (κ1) is 32.2. The van der Waals surface area contributed by atoms with E-state index in [1.165, 1.54) is 29.8 Å². The molecule has 0 bridgehead atoms. The topological polar surface area (TPSA) is 146 Å². The third-order valence-electron chi connectivity index (χ3n) is 8.34. The molecule has 2 saturated heterocycles. The van der Waals surface area contributed by atoms with Gasteiger partial charge in [0.05, 0.1) is 18.3 Å². The maximum atomic E-state index is 13.4. The van der Waals surface area contributed by atoms with Gasteiger partial charge >= 0.3 is 6.09 Å². The summed E-state index contributed by atoms with van der Waals surface area (Å²) in [7, 11) is -2.50. The van der Waals surface area contributed by atoms with Crippen molar-refractivity contribution in [3.8, 4) is 11.1 Å². The molecule has 46 heavy (non-hydrogen) atoms. The number of thiazole rings is 1. The summed E-state index contributed by atoms with van der Waals surface area (Å²) in [6, 6.07) is 8.41. The standard InChI is InChI=1S/C31H39N9O4S2/c1-21(18-39-11-13-40(14-12-39)46(42,43)29-22(2)36-30(45-29)37-31(41)44-3)35-28-26-8-6-7-25(27(26)33-20-34-28)24-15-23(16-32-17-24)19-38-9-4-5-10-38/h6-8,15-17,20-21H,4-5,9-14,18-19H2,1-3H3,(H,33,34,35)(H,36,37,41)/t21-/m0/s1. The summed E-state index contributed by atoms with van der Waals surface area (Å²) in [5.74, 6) is 0.763. The van der Waals surface area contributed by atoms with E-state index in [4.69, 9.17) is 0 Å². The highest BCUT2D eigenvalue weighted by Crippen LogP contribution is 2.32. The van der Waals surface area contributed by atoms with Gasteiger partial charge in [0.15, 0.2) is 9.34 Å². The Morgan fingerprint density at radius 1 is 1.07 bits per heavy atom. The molecule has 0 saturated carbocycles. The van der Waals surface area contributed by atoms with E-state index in [9.17, 15) is 13.2 Å². The summed E-state index contributed by atoms with van der Waals surface area (Å²) in [5.41, 5.74) is 4.48. The lowest BCUT2D eigenvalue weighted by Gasteiger charge is -2.35. The van der Waals surface area contributed by atoms with Gasteiger partial charge in [-0.15, -0.1) is 0 Å². The molecule has 2 N–H and O–H groups in total. The maximum Gasteiger partial charge on any atom is 0.413 e. The van der Waals surface area contributed by atoms with E-state index >= 15 is 0 Å². The lowest BCUT2D eigenvalue weighted by molar-refractivity contribution is 0.184. The molecule has 1 amide bonds. The highest BCUT2D eigenvalue weighted by molar-refractivity contribution is 7.91. The number of ether oxygens (including phenoxy) is 1. The molecule has 0 aliphatic carbocycles. The second-order valence-corrected chi connectivity index (χ2v) is 14.9. The smallest absolute Gasteiger partial charge is 0.413 e. The van der Waals surface area contributed by atoms with Crippen LogP contribution < -0.4 is 10.6 Å². The minimum absolute atomic E-state index is 0.0473. The molecule has 6 rings (SSSR count). The first-order chi connectivity index (χ1) is 22.2. The number of aryl methyl sites for hydroxylation is 1. The van der Waals surface area contributed by atoms with E-state index < -0.39 is 16.1 Å². The number of pyridine rings is 1. The van der Waals surface area contributed by atoms with Crippen LogP contribution in [0, 0.1) is 6.92 Å². The Kier molecular flexibility index (Phi) is 9.75.